The number of ketones is 1. The number of methoxy groups -OCH3 is 2. The zero-order valence-electron chi connectivity index (χ0n) is 14.4. The summed E-state index contributed by atoms with van der Waals surface area (Å²) >= 11 is 0. The molecule has 8 heteroatoms. The number of nitro benzene ring substituents is 1. The third-order valence-corrected chi connectivity index (χ3v) is 3.64. The first-order valence-corrected chi connectivity index (χ1v) is 7.59. The summed E-state index contributed by atoms with van der Waals surface area (Å²) in [7, 11) is 2.80. The lowest BCUT2D eigenvalue weighted by molar-refractivity contribution is -0.385. The van der Waals surface area contributed by atoms with Gasteiger partial charge in [0.05, 0.1) is 24.7 Å². The van der Waals surface area contributed by atoms with E-state index in [9.17, 15) is 19.7 Å². The average Bonchev–Trinajstić information content (AvgIpc) is 2.66. The van der Waals surface area contributed by atoms with Crippen LogP contribution in [0.1, 0.15) is 27.6 Å². The highest BCUT2D eigenvalue weighted by molar-refractivity contribution is 6.01. The smallest absolute Gasteiger partial charge is 0.339 e. The van der Waals surface area contributed by atoms with Crippen LogP contribution < -0.4 is 9.47 Å². The summed E-state index contributed by atoms with van der Waals surface area (Å²) in [5, 5.41) is 11.0. The highest BCUT2D eigenvalue weighted by atomic mass is 16.6. The van der Waals surface area contributed by atoms with Gasteiger partial charge in [-0.25, -0.2) is 4.79 Å². The summed E-state index contributed by atoms with van der Waals surface area (Å²) in [4.78, 5) is 34.9. The molecule has 0 radical (unpaired) electrons. The number of nitrogens with zero attached hydrogens (tertiary/aromatic N) is 1. The number of benzene rings is 2. The molecule has 0 aliphatic heterocycles. The fourth-order valence-corrected chi connectivity index (χ4v) is 2.23. The van der Waals surface area contributed by atoms with Crippen LogP contribution in [-0.2, 0) is 4.74 Å². The van der Waals surface area contributed by atoms with Gasteiger partial charge < -0.3 is 14.2 Å². The van der Waals surface area contributed by atoms with Gasteiger partial charge in [-0.1, -0.05) is 0 Å². The van der Waals surface area contributed by atoms with Crippen LogP contribution >= 0.6 is 0 Å². The van der Waals surface area contributed by atoms with Crippen LogP contribution in [0.15, 0.2) is 42.5 Å². The third-order valence-electron chi connectivity index (χ3n) is 3.64. The van der Waals surface area contributed by atoms with Crippen molar-refractivity contribution in [3.8, 4) is 11.5 Å². The van der Waals surface area contributed by atoms with E-state index in [2.05, 4.69) is 0 Å². The number of nitro groups is 1. The maximum absolute atomic E-state index is 12.3. The molecule has 0 aliphatic rings. The summed E-state index contributed by atoms with van der Waals surface area (Å²) in [6.07, 6.45) is -1.06. The normalized spacial score (nSPS) is 11.3. The molecular weight excluding hydrogens is 342 g/mol. The Labute approximate surface area is 149 Å². The zero-order chi connectivity index (χ0) is 19.3. The van der Waals surface area contributed by atoms with Gasteiger partial charge in [-0.15, -0.1) is 0 Å². The van der Waals surface area contributed by atoms with Crippen LogP contribution in [0, 0.1) is 10.1 Å². The van der Waals surface area contributed by atoms with Crippen molar-refractivity contribution in [1.82, 2.24) is 0 Å². The van der Waals surface area contributed by atoms with Gasteiger partial charge in [-0.3, -0.25) is 14.9 Å². The average molecular weight is 359 g/mol. The lowest BCUT2D eigenvalue weighted by atomic mass is 10.1. The van der Waals surface area contributed by atoms with Crippen molar-refractivity contribution < 1.29 is 28.7 Å². The van der Waals surface area contributed by atoms with Crippen LogP contribution in [0.5, 0.6) is 11.5 Å². The molecule has 2 rings (SSSR count). The molecule has 136 valence electrons. The van der Waals surface area contributed by atoms with Crippen molar-refractivity contribution in [2.45, 2.75) is 13.0 Å². The van der Waals surface area contributed by atoms with E-state index in [0.717, 1.165) is 6.07 Å². The van der Waals surface area contributed by atoms with Crippen LogP contribution in [0.3, 0.4) is 0 Å². The molecule has 0 unspecified atom stereocenters. The van der Waals surface area contributed by atoms with Gasteiger partial charge in [0.1, 0.15) is 5.75 Å². The summed E-state index contributed by atoms with van der Waals surface area (Å²) in [5.74, 6) is -0.625. The van der Waals surface area contributed by atoms with Crippen LogP contribution in [-0.4, -0.2) is 37.0 Å². The van der Waals surface area contributed by atoms with Gasteiger partial charge in [0.2, 0.25) is 5.78 Å². The van der Waals surface area contributed by atoms with Gasteiger partial charge in [-0.05, 0) is 43.3 Å². The Balaban J connectivity index is 2.14. The molecular formula is C18H17NO7. The molecule has 0 N–H and O–H groups in total. The van der Waals surface area contributed by atoms with Crippen molar-refractivity contribution in [3.63, 3.8) is 0 Å². The van der Waals surface area contributed by atoms with Crippen LogP contribution in [0.25, 0.3) is 0 Å². The fraction of sp³-hybridized carbons (Fsp3) is 0.222. The summed E-state index contributed by atoms with van der Waals surface area (Å²) in [6.45, 7) is 1.43. The quantitative estimate of drug-likeness (QED) is 0.324. The maximum atomic E-state index is 12.3. The van der Waals surface area contributed by atoms with Gasteiger partial charge >= 0.3 is 11.7 Å². The molecule has 0 aromatic heterocycles. The molecule has 0 saturated heterocycles. The molecule has 0 saturated carbocycles. The second kappa shape index (κ2) is 8.11. The minimum atomic E-state index is -1.06. The molecule has 0 heterocycles. The van der Waals surface area contributed by atoms with E-state index in [4.69, 9.17) is 14.2 Å². The van der Waals surface area contributed by atoms with Gasteiger partial charge in [0.25, 0.3) is 0 Å². The Morgan fingerprint density at radius 2 is 1.62 bits per heavy atom. The number of esters is 1. The molecule has 0 amide bonds. The highest BCUT2D eigenvalue weighted by Gasteiger charge is 2.23. The van der Waals surface area contributed by atoms with E-state index in [-0.39, 0.29) is 17.0 Å². The predicted octanol–water partition coefficient (Wildman–Crippen LogP) is 3.04. The van der Waals surface area contributed by atoms with Crippen LogP contribution in [0.4, 0.5) is 5.69 Å². The maximum Gasteiger partial charge on any atom is 0.339 e. The largest absolute Gasteiger partial charge is 0.497 e. The van der Waals surface area contributed by atoms with Crippen molar-refractivity contribution in [2.24, 2.45) is 0 Å². The Bertz CT molecular complexity index is 830. The van der Waals surface area contributed by atoms with E-state index < -0.39 is 22.8 Å². The minimum Gasteiger partial charge on any atom is -0.497 e. The second-order valence-electron chi connectivity index (χ2n) is 5.28. The Morgan fingerprint density at radius 1 is 1.00 bits per heavy atom. The molecule has 2 aromatic carbocycles. The van der Waals surface area contributed by atoms with Crippen LogP contribution in [0.2, 0.25) is 0 Å². The Morgan fingerprint density at radius 3 is 2.15 bits per heavy atom. The summed E-state index contributed by atoms with van der Waals surface area (Å²) in [6, 6.07) is 10.0. The zero-order valence-corrected chi connectivity index (χ0v) is 14.4. The molecule has 2 aromatic rings. The molecule has 8 nitrogen and oxygen atoms in total. The monoisotopic (exact) mass is 359 g/mol. The van der Waals surface area contributed by atoms with Gasteiger partial charge in [-0.2, -0.15) is 0 Å². The SMILES string of the molecule is COc1ccc(C(=O)[C@H](C)OC(=O)c2ccc(OC)c([N+](=O)[O-])c2)cc1. The number of hydrogen-bond donors (Lipinski definition) is 0. The number of rotatable bonds is 7. The molecule has 0 bridgehead atoms. The van der Waals surface area contributed by atoms with Gasteiger partial charge in [0.15, 0.2) is 11.9 Å². The van der Waals surface area contributed by atoms with Crippen molar-refractivity contribution in [2.75, 3.05) is 14.2 Å². The lowest BCUT2D eigenvalue weighted by Crippen LogP contribution is -2.24. The summed E-state index contributed by atoms with van der Waals surface area (Å²) in [5.41, 5.74) is -0.0604. The number of ether oxygens (including phenoxy) is 3. The Kier molecular flexibility index (Phi) is 5.90. The summed E-state index contributed by atoms with van der Waals surface area (Å²) < 4.78 is 15.0. The van der Waals surface area contributed by atoms with Gasteiger partial charge in [0, 0.05) is 11.6 Å². The Hall–Kier alpha value is -3.42. The first-order chi connectivity index (χ1) is 12.4. The molecule has 26 heavy (non-hydrogen) atoms. The second-order valence-corrected chi connectivity index (χ2v) is 5.28. The van der Waals surface area contributed by atoms with Crippen molar-refractivity contribution in [3.05, 3.63) is 63.7 Å². The molecule has 1 atom stereocenters. The fourth-order valence-electron chi connectivity index (χ4n) is 2.23. The van der Waals surface area contributed by atoms with E-state index in [0.29, 0.717) is 11.3 Å². The topological polar surface area (TPSA) is 105 Å². The predicted molar refractivity (Wildman–Crippen MR) is 91.9 cm³/mol. The number of carbonyl (C=O) groups excluding carboxylic acids is 2. The van der Waals surface area contributed by atoms with Crippen molar-refractivity contribution >= 4 is 17.4 Å². The number of Topliss-reactive ketones (excluding diaryl/α,β-unsaturated/α-hetero) is 1. The highest BCUT2D eigenvalue weighted by Crippen LogP contribution is 2.28. The number of carbonyl (C=O) groups is 2. The minimum absolute atomic E-state index is 0.0221. The van der Waals surface area contributed by atoms with E-state index >= 15 is 0 Å². The number of hydrogen-bond acceptors (Lipinski definition) is 7. The molecule has 0 spiro atoms. The lowest BCUT2D eigenvalue weighted by Gasteiger charge is -2.13. The van der Waals surface area contributed by atoms with Crippen molar-refractivity contribution in [1.29, 1.82) is 0 Å². The molecule has 0 aliphatic carbocycles. The first kappa shape index (κ1) is 18.9. The van der Waals surface area contributed by atoms with E-state index in [1.807, 2.05) is 0 Å². The van der Waals surface area contributed by atoms with E-state index in [1.54, 1.807) is 24.3 Å². The standard InChI is InChI=1S/C18H17NO7/c1-11(17(20)12-4-7-14(24-2)8-5-12)26-18(21)13-6-9-16(25-3)15(10-13)19(22)23/h4-11H,1-3H3/t11-/m0/s1. The van der Waals surface area contributed by atoms with E-state index in [1.165, 1.54) is 33.3 Å². The third kappa shape index (κ3) is 4.15. The molecule has 0 fully saturated rings. The first-order valence-electron chi connectivity index (χ1n) is 7.59.